The van der Waals surface area contributed by atoms with Crippen molar-refractivity contribution in [2.24, 2.45) is 0 Å². The molecule has 0 amide bonds. The highest BCUT2D eigenvalue weighted by Gasteiger charge is 2.12. The van der Waals surface area contributed by atoms with E-state index in [1.165, 1.54) is 6.33 Å². The molecule has 0 atom stereocenters. The lowest BCUT2D eigenvalue weighted by Gasteiger charge is -2.19. The molecule has 0 bridgehead atoms. The van der Waals surface area contributed by atoms with Gasteiger partial charge in [-0.15, -0.1) is 11.3 Å². The lowest BCUT2D eigenvalue weighted by atomic mass is 10.3. The Morgan fingerprint density at radius 2 is 2.29 bits per heavy atom. The van der Waals surface area contributed by atoms with E-state index in [9.17, 15) is 0 Å². The third-order valence-electron chi connectivity index (χ3n) is 3.11. The summed E-state index contributed by atoms with van der Waals surface area (Å²) >= 11 is 1.67. The first-order chi connectivity index (χ1) is 10.3. The quantitative estimate of drug-likeness (QED) is 0.686. The van der Waals surface area contributed by atoms with Crippen molar-refractivity contribution in [3.63, 3.8) is 0 Å². The minimum atomic E-state index is 0.455. The van der Waals surface area contributed by atoms with Crippen LogP contribution < -0.4 is 4.90 Å². The van der Waals surface area contributed by atoms with Crippen molar-refractivity contribution in [3.05, 3.63) is 34.7 Å². The molecule has 8 heteroatoms. The number of ether oxygens (including phenoxy) is 1. The predicted molar refractivity (Wildman–Crippen MR) is 80.6 cm³/mol. The molecule has 0 aromatic carbocycles. The molecule has 7 nitrogen and oxygen atoms in total. The van der Waals surface area contributed by atoms with Crippen LogP contribution in [0.25, 0.3) is 5.78 Å². The monoisotopic (exact) mass is 304 g/mol. The van der Waals surface area contributed by atoms with Crippen LogP contribution in [-0.4, -0.2) is 45.3 Å². The maximum absolute atomic E-state index is 5.16. The zero-order valence-corrected chi connectivity index (χ0v) is 12.7. The third kappa shape index (κ3) is 3.01. The van der Waals surface area contributed by atoms with Gasteiger partial charge in [-0.2, -0.15) is 14.6 Å². The Hall–Kier alpha value is -2.06. The highest BCUT2D eigenvalue weighted by molar-refractivity contribution is 7.09. The number of aromatic nitrogens is 5. The van der Waals surface area contributed by atoms with E-state index in [-0.39, 0.29) is 0 Å². The van der Waals surface area contributed by atoms with Crippen LogP contribution in [0.5, 0.6) is 0 Å². The van der Waals surface area contributed by atoms with Gasteiger partial charge in [-0.3, -0.25) is 0 Å². The summed E-state index contributed by atoms with van der Waals surface area (Å²) in [4.78, 5) is 15.0. The van der Waals surface area contributed by atoms with E-state index in [1.807, 2.05) is 24.7 Å². The fraction of sp³-hybridized carbons (Fsp3) is 0.385. The molecule has 0 aliphatic carbocycles. The van der Waals surface area contributed by atoms with Crippen molar-refractivity contribution >= 4 is 22.9 Å². The van der Waals surface area contributed by atoms with Crippen molar-refractivity contribution < 1.29 is 4.74 Å². The van der Waals surface area contributed by atoms with Crippen molar-refractivity contribution in [1.29, 1.82) is 0 Å². The first-order valence-electron chi connectivity index (χ1n) is 6.56. The van der Waals surface area contributed by atoms with E-state index >= 15 is 0 Å². The molecule has 0 N–H and O–H groups in total. The Bertz CT molecular complexity index is 711. The molecular formula is C13H16N6OS. The number of thiazole rings is 1. The number of hydrogen-bond acceptors (Lipinski definition) is 7. The summed E-state index contributed by atoms with van der Waals surface area (Å²) in [7, 11) is 3.68. The average Bonchev–Trinajstić information content (AvgIpc) is 3.15. The molecule has 0 radical (unpaired) electrons. The largest absolute Gasteiger partial charge is 0.378 e. The lowest BCUT2D eigenvalue weighted by Crippen LogP contribution is -2.23. The van der Waals surface area contributed by atoms with Gasteiger partial charge in [0.25, 0.3) is 5.78 Å². The van der Waals surface area contributed by atoms with E-state index in [0.29, 0.717) is 12.4 Å². The van der Waals surface area contributed by atoms with Crippen LogP contribution in [0.3, 0.4) is 0 Å². The van der Waals surface area contributed by atoms with Crippen LogP contribution in [0.2, 0.25) is 0 Å². The van der Waals surface area contributed by atoms with E-state index in [4.69, 9.17) is 4.74 Å². The smallest absolute Gasteiger partial charge is 0.254 e. The zero-order chi connectivity index (χ0) is 14.7. The van der Waals surface area contributed by atoms with E-state index < -0.39 is 0 Å². The Kier molecular flexibility index (Phi) is 4.07. The van der Waals surface area contributed by atoms with Gasteiger partial charge >= 0.3 is 0 Å². The Balaban J connectivity index is 1.85. The van der Waals surface area contributed by atoms with Gasteiger partial charge in [0.2, 0.25) is 0 Å². The van der Waals surface area contributed by atoms with Crippen molar-refractivity contribution in [1.82, 2.24) is 24.6 Å². The summed E-state index contributed by atoms with van der Waals surface area (Å²) in [6.07, 6.45) is 4.24. The van der Waals surface area contributed by atoms with Gasteiger partial charge in [0.15, 0.2) is 0 Å². The topological polar surface area (TPSA) is 68.4 Å². The van der Waals surface area contributed by atoms with Crippen molar-refractivity contribution in [3.8, 4) is 0 Å². The number of likely N-dealkylation sites (N-methyl/N-ethyl adjacent to an activating group) is 1. The number of nitrogens with zero attached hydrogens (tertiary/aromatic N) is 6. The molecule has 0 aliphatic heterocycles. The second kappa shape index (κ2) is 6.15. The molecule has 3 aromatic rings. The second-order valence-corrected chi connectivity index (χ2v) is 5.59. The first-order valence-corrected chi connectivity index (χ1v) is 7.44. The maximum atomic E-state index is 5.16. The zero-order valence-electron chi connectivity index (χ0n) is 11.9. The number of rotatable bonds is 6. The van der Waals surface area contributed by atoms with Gasteiger partial charge in [-0.25, -0.2) is 9.97 Å². The van der Waals surface area contributed by atoms with Crippen LogP contribution in [0.1, 0.15) is 10.7 Å². The first kappa shape index (κ1) is 13.9. The molecule has 0 saturated heterocycles. The predicted octanol–water partition coefficient (Wildman–Crippen LogP) is 1.41. The molecule has 3 aromatic heterocycles. The number of fused-ring (bicyclic) bond motifs is 1. The van der Waals surface area contributed by atoms with Gasteiger partial charge in [-0.05, 0) is 0 Å². The minimum absolute atomic E-state index is 0.455. The summed E-state index contributed by atoms with van der Waals surface area (Å²) in [6, 6.07) is 1.98. The van der Waals surface area contributed by atoms with E-state index in [0.717, 1.165) is 29.5 Å². The minimum Gasteiger partial charge on any atom is -0.378 e. The van der Waals surface area contributed by atoms with E-state index in [1.54, 1.807) is 23.0 Å². The van der Waals surface area contributed by atoms with Crippen LogP contribution in [0, 0.1) is 0 Å². The standard InChI is InChI=1S/C13H16N6OS/c1-18(5-3-11-14-4-6-21-11)12-7-10(8-20-2)17-13-15-9-16-19(12)13/h4,6-7,9H,3,5,8H2,1-2H3. The highest BCUT2D eigenvalue weighted by Crippen LogP contribution is 2.16. The molecule has 0 saturated carbocycles. The third-order valence-corrected chi connectivity index (χ3v) is 3.95. The average molecular weight is 304 g/mol. The summed E-state index contributed by atoms with van der Waals surface area (Å²) in [5.74, 6) is 1.53. The van der Waals surface area contributed by atoms with Crippen LogP contribution in [0.15, 0.2) is 24.0 Å². The van der Waals surface area contributed by atoms with Gasteiger partial charge in [-0.1, -0.05) is 0 Å². The second-order valence-electron chi connectivity index (χ2n) is 4.61. The summed E-state index contributed by atoms with van der Waals surface area (Å²) in [5, 5.41) is 7.36. The fourth-order valence-corrected chi connectivity index (χ4v) is 2.70. The molecule has 0 fully saturated rings. The fourth-order valence-electron chi connectivity index (χ4n) is 2.09. The molecule has 0 unspecified atom stereocenters. The summed E-state index contributed by atoms with van der Waals surface area (Å²) in [6.45, 7) is 1.30. The number of anilines is 1. The summed E-state index contributed by atoms with van der Waals surface area (Å²) < 4.78 is 6.90. The van der Waals surface area contributed by atoms with E-state index in [2.05, 4.69) is 25.0 Å². The highest BCUT2D eigenvalue weighted by atomic mass is 32.1. The SMILES string of the molecule is COCc1cc(N(C)CCc2nccs2)n2ncnc2n1. The Morgan fingerprint density at radius 1 is 1.38 bits per heavy atom. The number of hydrogen-bond donors (Lipinski definition) is 0. The van der Waals surface area contributed by atoms with Crippen LogP contribution in [0.4, 0.5) is 5.82 Å². The van der Waals surface area contributed by atoms with Gasteiger partial charge in [0.05, 0.1) is 17.3 Å². The molecular weight excluding hydrogens is 288 g/mol. The molecule has 0 aliphatic rings. The molecule has 21 heavy (non-hydrogen) atoms. The van der Waals surface area contributed by atoms with Crippen molar-refractivity contribution in [2.75, 3.05) is 25.6 Å². The van der Waals surface area contributed by atoms with Gasteiger partial charge in [0.1, 0.15) is 12.1 Å². The normalized spacial score (nSPS) is 11.1. The van der Waals surface area contributed by atoms with Crippen LogP contribution >= 0.6 is 11.3 Å². The summed E-state index contributed by atoms with van der Waals surface area (Å²) in [5.41, 5.74) is 0.842. The maximum Gasteiger partial charge on any atom is 0.254 e. The lowest BCUT2D eigenvalue weighted by molar-refractivity contribution is 0.181. The van der Waals surface area contributed by atoms with Crippen molar-refractivity contribution in [2.45, 2.75) is 13.0 Å². The molecule has 3 rings (SSSR count). The Labute approximate surface area is 126 Å². The number of methoxy groups -OCH3 is 1. The van der Waals surface area contributed by atoms with Crippen LogP contribution in [-0.2, 0) is 17.8 Å². The van der Waals surface area contributed by atoms with Gasteiger partial charge in [0, 0.05) is 44.8 Å². The van der Waals surface area contributed by atoms with Gasteiger partial charge < -0.3 is 9.64 Å². The Morgan fingerprint density at radius 3 is 3.05 bits per heavy atom. The molecule has 110 valence electrons. The molecule has 0 spiro atoms. The molecule has 3 heterocycles.